The van der Waals surface area contributed by atoms with Crippen molar-refractivity contribution in [2.45, 2.75) is 13.5 Å². The van der Waals surface area contributed by atoms with Gasteiger partial charge in [-0.1, -0.05) is 17.7 Å². The highest BCUT2D eigenvalue weighted by Gasteiger charge is 2.06. The van der Waals surface area contributed by atoms with E-state index in [2.05, 4.69) is 0 Å². The molecule has 0 unspecified atom stereocenters. The van der Waals surface area contributed by atoms with Gasteiger partial charge in [-0.05, 0) is 24.6 Å². The van der Waals surface area contributed by atoms with Crippen LogP contribution in [0.5, 0.6) is 0 Å². The number of aldehydes is 1. The molecule has 1 heterocycles. The lowest BCUT2D eigenvalue weighted by molar-refractivity contribution is -0.108. The van der Waals surface area contributed by atoms with Crippen molar-refractivity contribution in [3.63, 3.8) is 0 Å². The fourth-order valence-electron chi connectivity index (χ4n) is 1.78. The van der Waals surface area contributed by atoms with Crippen LogP contribution in [0.2, 0.25) is 5.02 Å². The fourth-order valence-corrected chi connectivity index (χ4v) is 1.95. The van der Waals surface area contributed by atoms with E-state index in [9.17, 15) is 9.59 Å². The minimum absolute atomic E-state index is 0.0515. The van der Waals surface area contributed by atoms with Crippen molar-refractivity contribution in [1.29, 1.82) is 0 Å². The van der Waals surface area contributed by atoms with Crippen LogP contribution in [0.4, 0.5) is 0 Å². The van der Waals surface area contributed by atoms with Gasteiger partial charge in [0.2, 0.25) is 0 Å². The van der Waals surface area contributed by atoms with Gasteiger partial charge in [0.05, 0.1) is 12.1 Å². The number of carbonyl (C=O) groups excluding carboxylic acids is 1. The summed E-state index contributed by atoms with van der Waals surface area (Å²) in [7, 11) is 0. The van der Waals surface area contributed by atoms with Crippen LogP contribution in [0, 0.1) is 6.92 Å². The molecule has 0 spiro atoms. The van der Waals surface area contributed by atoms with E-state index in [0.29, 0.717) is 16.8 Å². The van der Waals surface area contributed by atoms with Gasteiger partial charge in [-0.2, -0.15) is 0 Å². The minimum atomic E-state index is -0.181. The first kappa shape index (κ1) is 10.9. The first-order chi connectivity index (χ1) is 7.63. The first-order valence-corrected chi connectivity index (χ1v) is 5.24. The van der Waals surface area contributed by atoms with Gasteiger partial charge in [0, 0.05) is 16.5 Å². The van der Waals surface area contributed by atoms with Crippen molar-refractivity contribution in [3.8, 4) is 0 Å². The van der Waals surface area contributed by atoms with E-state index < -0.39 is 0 Å². The number of benzene rings is 1. The molecular weight excluding hydrogens is 226 g/mol. The second-order valence-corrected chi connectivity index (χ2v) is 4.04. The molecule has 2 aromatic rings. The zero-order chi connectivity index (χ0) is 11.7. The molecule has 0 saturated carbocycles. The molecule has 3 nitrogen and oxygen atoms in total. The molecule has 2 rings (SSSR count). The summed E-state index contributed by atoms with van der Waals surface area (Å²) in [6.45, 7) is 1.92. The van der Waals surface area contributed by atoms with E-state index in [1.54, 1.807) is 12.1 Å². The minimum Gasteiger partial charge on any atom is -0.301 e. The summed E-state index contributed by atoms with van der Waals surface area (Å²) in [5.74, 6) is 0. The molecule has 0 amide bonds. The highest BCUT2D eigenvalue weighted by Crippen LogP contribution is 2.20. The summed E-state index contributed by atoms with van der Waals surface area (Å²) < 4.78 is 1.42. The quantitative estimate of drug-likeness (QED) is 0.749. The highest BCUT2D eigenvalue weighted by molar-refractivity contribution is 6.31. The third kappa shape index (κ3) is 1.74. The van der Waals surface area contributed by atoms with Gasteiger partial charge in [0.1, 0.15) is 6.29 Å². The smallest absolute Gasteiger partial charge is 0.251 e. The number of pyridine rings is 1. The molecule has 0 saturated heterocycles. The van der Waals surface area contributed by atoms with Crippen molar-refractivity contribution in [3.05, 3.63) is 45.2 Å². The number of hydrogen-bond acceptors (Lipinski definition) is 2. The predicted octanol–water partition coefficient (Wildman–Crippen LogP) is 2.16. The number of fused-ring (bicyclic) bond motifs is 1. The van der Waals surface area contributed by atoms with Crippen molar-refractivity contribution < 1.29 is 4.79 Å². The standard InChI is InChI=1S/C12H10ClNO2/c1-8-6-12(16)14(4-5-15)11-7-9(13)2-3-10(8)11/h2-3,5-7H,4H2,1H3. The van der Waals surface area contributed by atoms with Crippen LogP contribution in [-0.2, 0) is 11.3 Å². The van der Waals surface area contributed by atoms with Crippen molar-refractivity contribution in [2.24, 2.45) is 0 Å². The van der Waals surface area contributed by atoms with Gasteiger partial charge >= 0.3 is 0 Å². The molecule has 1 aromatic carbocycles. The number of hydrogen-bond donors (Lipinski definition) is 0. The average Bonchev–Trinajstić information content (AvgIpc) is 2.23. The Hall–Kier alpha value is -1.61. The van der Waals surface area contributed by atoms with Crippen LogP contribution < -0.4 is 5.56 Å². The second-order valence-electron chi connectivity index (χ2n) is 3.60. The van der Waals surface area contributed by atoms with Gasteiger partial charge in [-0.3, -0.25) is 4.79 Å². The van der Waals surface area contributed by atoms with E-state index in [1.807, 2.05) is 13.0 Å². The Kier molecular flexibility index (Phi) is 2.79. The van der Waals surface area contributed by atoms with E-state index in [0.717, 1.165) is 10.9 Å². The molecule has 4 heteroatoms. The maximum atomic E-state index is 11.7. The number of rotatable bonds is 2. The number of aryl methyl sites for hydroxylation is 1. The van der Waals surface area contributed by atoms with E-state index in [4.69, 9.17) is 11.6 Å². The van der Waals surface area contributed by atoms with Crippen molar-refractivity contribution in [2.75, 3.05) is 0 Å². The molecule has 0 aliphatic carbocycles. The Balaban J connectivity index is 2.91. The Morgan fingerprint density at radius 3 is 2.81 bits per heavy atom. The Bertz CT molecular complexity index is 616. The Morgan fingerprint density at radius 1 is 1.38 bits per heavy atom. The molecule has 0 aliphatic rings. The molecule has 0 radical (unpaired) electrons. The molecular formula is C12H10ClNO2. The normalized spacial score (nSPS) is 10.6. The van der Waals surface area contributed by atoms with E-state index in [1.165, 1.54) is 10.6 Å². The lowest BCUT2D eigenvalue weighted by Crippen LogP contribution is -2.20. The largest absolute Gasteiger partial charge is 0.301 e. The van der Waals surface area contributed by atoms with E-state index in [-0.39, 0.29) is 12.1 Å². The number of aromatic nitrogens is 1. The van der Waals surface area contributed by atoms with Gasteiger partial charge in [-0.15, -0.1) is 0 Å². The molecule has 82 valence electrons. The fraction of sp³-hybridized carbons (Fsp3) is 0.167. The van der Waals surface area contributed by atoms with Crippen molar-refractivity contribution >= 4 is 28.8 Å². The average molecular weight is 236 g/mol. The molecule has 0 atom stereocenters. The maximum absolute atomic E-state index is 11.7. The van der Waals surface area contributed by atoms with Crippen LogP contribution in [0.25, 0.3) is 10.9 Å². The van der Waals surface area contributed by atoms with Gasteiger partial charge in [0.15, 0.2) is 0 Å². The summed E-state index contributed by atoms with van der Waals surface area (Å²) >= 11 is 5.89. The first-order valence-electron chi connectivity index (χ1n) is 4.87. The lowest BCUT2D eigenvalue weighted by atomic mass is 10.1. The van der Waals surface area contributed by atoms with Gasteiger partial charge in [-0.25, -0.2) is 0 Å². The van der Waals surface area contributed by atoms with Crippen LogP contribution in [-0.4, -0.2) is 10.9 Å². The molecule has 1 aromatic heterocycles. The second kappa shape index (κ2) is 4.10. The third-order valence-corrected chi connectivity index (χ3v) is 2.77. The predicted molar refractivity (Wildman–Crippen MR) is 64.0 cm³/mol. The summed E-state index contributed by atoms with van der Waals surface area (Å²) in [6.07, 6.45) is 0.705. The van der Waals surface area contributed by atoms with Crippen LogP contribution in [0.15, 0.2) is 29.1 Å². The Morgan fingerprint density at radius 2 is 2.12 bits per heavy atom. The summed E-state index contributed by atoms with van der Waals surface area (Å²) in [5.41, 5.74) is 1.41. The molecule has 0 aliphatic heterocycles. The molecule has 0 bridgehead atoms. The zero-order valence-corrected chi connectivity index (χ0v) is 9.49. The van der Waals surface area contributed by atoms with Crippen LogP contribution in [0.3, 0.4) is 0 Å². The zero-order valence-electron chi connectivity index (χ0n) is 8.74. The van der Waals surface area contributed by atoms with Crippen LogP contribution in [0.1, 0.15) is 5.56 Å². The monoisotopic (exact) mass is 235 g/mol. The molecule has 16 heavy (non-hydrogen) atoms. The number of nitrogens with zero attached hydrogens (tertiary/aromatic N) is 1. The highest BCUT2D eigenvalue weighted by atomic mass is 35.5. The topological polar surface area (TPSA) is 39.1 Å². The summed E-state index contributed by atoms with van der Waals surface area (Å²) in [6, 6.07) is 6.86. The Labute approximate surface area is 97.3 Å². The summed E-state index contributed by atoms with van der Waals surface area (Å²) in [4.78, 5) is 22.3. The van der Waals surface area contributed by atoms with Crippen molar-refractivity contribution in [1.82, 2.24) is 4.57 Å². The SMILES string of the molecule is Cc1cc(=O)n(CC=O)c2cc(Cl)ccc12. The maximum Gasteiger partial charge on any atom is 0.251 e. The van der Waals surface area contributed by atoms with E-state index >= 15 is 0 Å². The lowest BCUT2D eigenvalue weighted by Gasteiger charge is -2.09. The number of halogens is 1. The summed E-state index contributed by atoms with van der Waals surface area (Å²) in [5, 5.41) is 1.49. The van der Waals surface area contributed by atoms with Gasteiger partial charge in [0.25, 0.3) is 5.56 Å². The van der Waals surface area contributed by atoms with Crippen LogP contribution >= 0.6 is 11.6 Å². The number of carbonyl (C=O) groups is 1. The van der Waals surface area contributed by atoms with Gasteiger partial charge < -0.3 is 9.36 Å². The third-order valence-electron chi connectivity index (χ3n) is 2.54. The molecule has 0 N–H and O–H groups in total. The molecule has 0 fully saturated rings.